The molecule has 4 heteroatoms. The van der Waals surface area contributed by atoms with Crippen LogP contribution in [0, 0.1) is 6.92 Å². The number of nitrogens with one attached hydrogen (secondary N) is 1. The molecule has 0 aliphatic carbocycles. The molecule has 3 N–H and O–H groups in total. The van der Waals surface area contributed by atoms with Gasteiger partial charge in [-0.3, -0.25) is 4.79 Å². The topological polar surface area (TPSA) is 69.6 Å². The molecule has 0 aliphatic rings. The van der Waals surface area contributed by atoms with Gasteiger partial charge in [0.2, 0.25) is 0 Å². The van der Waals surface area contributed by atoms with E-state index >= 15 is 0 Å². The Bertz CT molecular complexity index is 837. The van der Waals surface area contributed by atoms with Gasteiger partial charge in [-0.25, -0.2) is 0 Å². The van der Waals surface area contributed by atoms with Gasteiger partial charge in [0.1, 0.15) is 5.75 Å². The van der Waals surface area contributed by atoms with Crippen LogP contribution in [0.1, 0.15) is 16.7 Å². The SMILES string of the molecule is Cc1ccc(NC(=O)C(O)(c2ccccc2)c2ccccc2)c(O)c1. The summed E-state index contributed by atoms with van der Waals surface area (Å²) in [6, 6.07) is 22.4. The van der Waals surface area contributed by atoms with Gasteiger partial charge in [-0.2, -0.15) is 0 Å². The van der Waals surface area contributed by atoms with E-state index in [0.717, 1.165) is 5.56 Å². The number of aliphatic hydroxyl groups is 1. The highest BCUT2D eigenvalue weighted by Gasteiger charge is 2.40. The highest BCUT2D eigenvalue weighted by molar-refractivity contribution is 6.01. The molecular formula is C21H19NO3. The average molecular weight is 333 g/mol. The largest absolute Gasteiger partial charge is 0.506 e. The van der Waals surface area contributed by atoms with Crippen LogP contribution in [-0.4, -0.2) is 16.1 Å². The average Bonchev–Trinajstić information content (AvgIpc) is 2.64. The third-order valence-corrected chi connectivity index (χ3v) is 4.11. The van der Waals surface area contributed by atoms with Crippen molar-refractivity contribution in [2.24, 2.45) is 0 Å². The number of amides is 1. The lowest BCUT2D eigenvalue weighted by Crippen LogP contribution is -2.41. The number of carbonyl (C=O) groups is 1. The molecular weight excluding hydrogens is 314 g/mol. The van der Waals surface area contributed by atoms with Crippen molar-refractivity contribution >= 4 is 11.6 Å². The second kappa shape index (κ2) is 6.79. The Morgan fingerprint density at radius 2 is 1.40 bits per heavy atom. The number of rotatable bonds is 4. The summed E-state index contributed by atoms with van der Waals surface area (Å²) in [6.07, 6.45) is 0. The number of benzene rings is 3. The van der Waals surface area contributed by atoms with E-state index in [1.807, 2.05) is 19.1 Å². The lowest BCUT2D eigenvalue weighted by molar-refractivity contribution is -0.131. The Hall–Kier alpha value is -3.11. The smallest absolute Gasteiger partial charge is 0.265 e. The molecule has 0 fully saturated rings. The molecule has 0 aromatic heterocycles. The molecule has 0 aliphatic heterocycles. The van der Waals surface area contributed by atoms with Gasteiger partial charge in [-0.1, -0.05) is 66.7 Å². The predicted octanol–water partition coefficient (Wildman–Crippen LogP) is 3.58. The summed E-state index contributed by atoms with van der Waals surface area (Å²) < 4.78 is 0. The molecule has 25 heavy (non-hydrogen) atoms. The van der Waals surface area contributed by atoms with Crippen molar-refractivity contribution in [3.63, 3.8) is 0 Å². The summed E-state index contributed by atoms with van der Waals surface area (Å²) in [6.45, 7) is 1.84. The van der Waals surface area contributed by atoms with Crippen molar-refractivity contribution in [1.82, 2.24) is 0 Å². The van der Waals surface area contributed by atoms with Crippen molar-refractivity contribution in [3.05, 3.63) is 95.6 Å². The number of carbonyl (C=O) groups excluding carboxylic acids is 1. The zero-order valence-corrected chi connectivity index (χ0v) is 13.8. The van der Waals surface area contributed by atoms with E-state index in [2.05, 4.69) is 5.32 Å². The molecule has 0 spiro atoms. The molecule has 4 nitrogen and oxygen atoms in total. The van der Waals surface area contributed by atoms with Gasteiger partial charge in [0.15, 0.2) is 5.60 Å². The van der Waals surface area contributed by atoms with Crippen molar-refractivity contribution < 1.29 is 15.0 Å². The van der Waals surface area contributed by atoms with E-state index in [9.17, 15) is 15.0 Å². The minimum absolute atomic E-state index is 0.0446. The quantitative estimate of drug-likeness (QED) is 0.639. The van der Waals surface area contributed by atoms with Crippen LogP contribution in [0.2, 0.25) is 0 Å². The lowest BCUT2D eigenvalue weighted by atomic mass is 9.85. The number of phenolic OH excluding ortho intramolecular Hbond substituents is 1. The summed E-state index contributed by atoms with van der Waals surface area (Å²) in [5.41, 5.74) is 0.146. The zero-order chi connectivity index (χ0) is 17.9. The number of phenols is 1. The van der Waals surface area contributed by atoms with Crippen LogP contribution in [0.5, 0.6) is 5.75 Å². The molecule has 126 valence electrons. The summed E-state index contributed by atoms with van der Waals surface area (Å²) in [5, 5.41) is 24.0. The van der Waals surface area contributed by atoms with Crippen LogP contribution >= 0.6 is 0 Å². The van der Waals surface area contributed by atoms with Crippen molar-refractivity contribution in [2.75, 3.05) is 5.32 Å². The Balaban J connectivity index is 2.04. The van der Waals surface area contributed by atoms with E-state index in [1.165, 1.54) is 0 Å². The Morgan fingerprint density at radius 1 is 0.880 bits per heavy atom. The van der Waals surface area contributed by atoms with Crippen LogP contribution in [0.4, 0.5) is 5.69 Å². The van der Waals surface area contributed by atoms with Crippen LogP contribution in [0.25, 0.3) is 0 Å². The first-order valence-corrected chi connectivity index (χ1v) is 7.96. The lowest BCUT2D eigenvalue weighted by Gasteiger charge is -2.28. The van der Waals surface area contributed by atoms with Gasteiger partial charge >= 0.3 is 0 Å². The maximum absolute atomic E-state index is 13.0. The molecule has 0 unspecified atom stereocenters. The molecule has 0 bridgehead atoms. The van der Waals surface area contributed by atoms with E-state index in [0.29, 0.717) is 11.1 Å². The molecule has 0 radical (unpaired) electrons. The maximum Gasteiger partial charge on any atom is 0.265 e. The van der Waals surface area contributed by atoms with E-state index in [4.69, 9.17) is 0 Å². The van der Waals surface area contributed by atoms with Crippen LogP contribution in [0.15, 0.2) is 78.9 Å². The van der Waals surface area contributed by atoms with Crippen LogP contribution < -0.4 is 5.32 Å². The fourth-order valence-electron chi connectivity index (χ4n) is 2.75. The van der Waals surface area contributed by atoms with Gasteiger partial charge in [0.25, 0.3) is 5.91 Å². The first kappa shape index (κ1) is 16.7. The van der Waals surface area contributed by atoms with E-state index in [-0.39, 0.29) is 11.4 Å². The first-order chi connectivity index (χ1) is 12.0. The predicted molar refractivity (Wildman–Crippen MR) is 97.4 cm³/mol. The number of hydrogen-bond donors (Lipinski definition) is 3. The Labute approximate surface area is 146 Å². The summed E-state index contributed by atoms with van der Waals surface area (Å²) in [4.78, 5) is 13.0. The Kier molecular flexibility index (Phi) is 4.55. The summed E-state index contributed by atoms with van der Waals surface area (Å²) in [5.74, 6) is -0.680. The molecule has 3 aromatic carbocycles. The van der Waals surface area contributed by atoms with Crippen LogP contribution in [0.3, 0.4) is 0 Å². The number of aryl methyl sites for hydroxylation is 1. The first-order valence-electron chi connectivity index (χ1n) is 7.96. The molecule has 0 saturated heterocycles. The number of anilines is 1. The minimum Gasteiger partial charge on any atom is -0.506 e. The second-order valence-corrected chi connectivity index (χ2v) is 5.92. The minimum atomic E-state index is -1.88. The molecule has 3 aromatic rings. The van der Waals surface area contributed by atoms with Crippen LogP contribution in [-0.2, 0) is 10.4 Å². The van der Waals surface area contributed by atoms with Gasteiger partial charge in [-0.15, -0.1) is 0 Å². The molecule has 0 saturated carbocycles. The third-order valence-electron chi connectivity index (χ3n) is 4.11. The Morgan fingerprint density at radius 3 is 1.88 bits per heavy atom. The van der Waals surface area contributed by atoms with Crippen molar-refractivity contribution in [3.8, 4) is 5.75 Å². The monoisotopic (exact) mass is 333 g/mol. The number of hydrogen-bond acceptors (Lipinski definition) is 3. The molecule has 0 heterocycles. The normalized spacial score (nSPS) is 11.1. The summed E-state index contributed by atoms with van der Waals surface area (Å²) in [7, 11) is 0. The summed E-state index contributed by atoms with van der Waals surface area (Å²) >= 11 is 0. The fraction of sp³-hybridized carbons (Fsp3) is 0.0952. The number of aromatic hydroxyl groups is 1. The van der Waals surface area contributed by atoms with Gasteiger partial charge in [-0.05, 0) is 35.7 Å². The van der Waals surface area contributed by atoms with Gasteiger partial charge in [0.05, 0.1) is 5.69 Å². The van der Waals surface area contributed by atoms with Crippen molar-refractivity contribution in [2.45, 2.75) is 12.5 Å². The van der Waals surface area contributed by atoms with E-state index in [1.54, 1.807) is 66.7 Å². The molecule has 3 rings (SSSR count). The fourth-order valence-corrected chi connectivity index (χ4v) is 2.75. The molecule has 0 atom stereocenters. The van der Waals surface area contributed by atoms with Crippen molar-refractivity contribution in [1.29, 1.82) is 0 Å². The van der Waals surface area contributed by atoms with Gasteiger partial charge < -0.3 is 15.5 Å². The zero-order valence-electron chi connectivity index (χ0n) is 13.8. The highest BCUT2D eigenvalue weighted by Crippen LogP contribution is 2.32. The molecule has 1 amide bonds. The maximum atomic E-state index is 13.0. The van der Waals surface area contributed by atoms with Gasteiger partial charge in [0, 0.05) is 0 Å². The second-order valence-electron chi connectivity index (χ2n) is 5.92. The van der Waals surface area contributed by atoms with E-state index < -0.39 is 11.5 Å². The third kappa shape index (κ3) is 3.25. The standard InChI is InChI=1S/C21H19NO3/c1-15-12-13-18(19(23)14-15)22-20(24)21(25,16-8-4-2-5-9-16)17-10-6-3-7-11-17/h2-14,23,25H,1H3,(H,22,24). The highest BCUT2D eigenvalue weighted by atomic mass is 16.3.